The Labute approximate surface area is 137 Å². The molecule has 2 aliphatic heterocycles. The molecule has 0 radical (unpaired) electrons. The molecule has 0 aliphatic carbocycles. The average molecular weight is 321 g/mol. The van der Waals surface area contributed by atoms with Crippen molar-refractivity contribution < 1.29 is 9.90 Å². The Morgan fingerprint density at radius 1 is 1.13 bits per heavy atom. The van der Waals surface area contributed by atoms with Crippen molar-refractivity contribution in [2.45, 2.75) is 44.6 Å². The number of carboxylic acids is 1. The summed E-state index contributed by atoms with van der Waals surface area (Å²) in [7, 11) is 2.05. The van der Waals surface area contributed by atoms with E-state index in [4.69, 9.17) is 5.11 Å². The summed E-state index contributed by atoms with van der Waals surface area (Å²) >= 11 is 0. The topological polar surface area (TPSA) is 74.5 Å². The van der Waals surface area contributed by atoms with Crippen molar-refractivity contribution in [3.05, 3.63) is 11.6 Å². The minimum absolute atomic E-state index is 0.120. The van der Waals surface area contributed by atoms with Crippen LogP contribution in [0.1, 0.15) is 49.7 Å². The van der Waals surface area contributed by atoms with Crippen LogP contribution in [0.2, 0.25) is 0 Å². The highest BCUT2D eigenvalue weighted by Gasteiger charge is 2.27. The summed E-state index contributed by atoms with van der Waals surface area (Å²) in [6.45, 7) is 4.92. The van der Waals surface area contributed by atoms with Crippen LogP contribution in [0.5, 0.6) is 0 Å². The SMILES string of the molecule is Cn1c(CN2CCCCC2)nnc1C1CCCN(CC(=O)O)C1. The first kappa shape index (κ1) is 16.4. The number of nitrogens with zero attached hydrogens (tertiary/aromatic N) is 5. The lowest BCUT2D eigenvalue weighted by Gasteiger charge is -2.31. The number of rotatable bonds is 5. The number of hydrogen-bond donors (Lipinski definition) is 1. The fourth-order valence-electron chi connectivity index (χ4n) is 3.79. The van der Waals surface area contributed by atoms with Gasteiger partial charge in [-0.2, -0.15) is 0 Å². The maximum atomic E-state index is 10.9. The van der Waals surface area contributed by atoms with E-state index in [1.54, 1.807) is 0 Å². The minimum Gasteiger partial charge on any atom is -0.480 e. The normalized spacial score (nSPS) is 24.0. The van der Waals surface area contributed by atoms with Gasteiger partial charge in [0.15, 0.2) is 0 Å². The first-order valence-electron chi connectivity index (χ1n) is 8.68. The van der Waals surface area contributed by atoms with Gasteiger partial charge in [0.2, 0.25) is 0 Å². The molecule has 0 amide bonds. The van der Waals surface area contributed by atoms with Crippen LogP contribution in [0.3, 0.4) is 0 Å². The van der Waals surface area contributed by atoms with Crippen LogP contribution < -0.4 is 0 Å². The average Bonchev–Trinajstić information content (AvgIpc) is 2.89. The lowest BCUT2D eigenvalue weighted by atomic mass is 9.97. The summed E-state index contributed by atoms with van der Waals surface area (Å²) in [5, 5.41) is 17.8. The van der Waals surface area contributed by atoms with Crippen molar-refractivity contribution in [3.8, 4) is 0 Å². The fraction of sp³-hybridized carbons (Fsp3) is 0.812. The van der Waals surface area contributed by atoms with Crippen LogP contribution in [0.25, 0.3) is 0 Å². The zero-order valence-corrected chi connectivity index (χ0v) is 13.9. The van der Waals surface area contributed by atoms with E-state index >= 15 is 0 Å². The lowest BCUT2D eigenvalue weighted by molar-refractivity contribution is -0.138. The minimum atomic E-state index is -0.755. The molecular formula is C16H27N5O2. The highest BCUT2D eigenvalue weighted by atomic mass is 16.4. The van der Waals surface area contributed by atoms with Gasteiger partial charge in [-0.15, -0.1) is 10.2 Å². The van der Waals surface area contributed by atoms with Crippen molar-refractivity contribution in [1.82, 2.24) is 24.6 Å². The summed E-state index contributed by atoms with van der Waals surface area (Å²) in [4.78, 5) is 15.4. The van der Waals surface area contributed by atoms with Crippen molar-refractivity contribution in [2.75, 3.05) is 32.7 Å². The predicted octanol–water partition coefficient (Wildman–Crippen LogP) is 1.06. The largest absolute Gasteiger partial charge is 0.480 e. The highest BCUT2D eigenvalue weighted by molar-refractivity contribution is 5.69. The van der Waals surface area contributed by atoms with Gasteiger partial charge in [-0.05, 0) is 45.3 Å². The van der Waals surface area contributed by atoms with Crippen LogP contribution in [0.15, 0.2) is 0 Å². The summed E-state index contributed by atoms with van der Waals surface area (Å²) in [5.41, 5.74) is 0. The van der Waals surface area contributed by atoms with Gasteiger partial charge in [0.1, 0.15) is 11.6 Å². The molecule has 23 heavy (non-hydrogen) atoms. The second kappa shape index (κ2) is 7.40. The molecule has 2 aliphatic rings. The van der Waals surface area contributed by atoms with Gasteiger partial charge >= 0.3 is 5.97 Å². The van der Waals surface area contributed by atoms with Crippen LogP contribution in [-0.4, -0.2) is 68.4 Å². The van der Waals surface area contributed by atoms with Gasteiger partial charge in [-0.25, -0.2) is 0 Å². The predicted molar refractivity (Wildman–Crippen MR) is 86.2 cm³/mol. The molecule has 1 aromatic heterocycles. The molecule has 0 spiro atoms. The number of hydrogen-bond acceptors (Lipinski definition) is 5. The molecule has 1 atom stereocenters. The summed E-state index contributed by atoms with van der Waals surface area (Å²) in [6.07, 6.45) is 5.97. The fourth-order valence-corrected chi connectivity index (χ4v) is 3.79. The van der Waals surface area contributed by atoms with E-state index in [0.717, 1.165) is 57.2 Å². The zero-order chi connectivity index (χ0) is 16.2. The summed E-state index contributed by atoms with van der Waals surface area (Å²) < 4.78 is 2.13. The van der Waals surface area contributed by atoms with E-state index in [1.807, 2.05) is 11.9 Å². The molecule has 1 aromatic rings. The number of carboxylic acid groups (broad SMARTS) is 1. The second-order valence-corrected chi connectivity index (χ2v) is 6.84. The molecule has 0 bridgehead atoms. The van der Waals surface area contributed by atoms with E-state index in [2.05, 4.69) is 19.7 Å². The first-order valence-corrected chi connectivity index (χ1v) is 8.68. The van der Waals surface area contributed by atoms with Crippen molar-refractivity contribution in [2.24, 2.45) is 7.05 Å². The van der Waals surface area contributed by atoms with E-state index in [9.17, 15) is 4.79 Å². The Hall–Kier alpha value is -1.47. The quantitative estimate of drug-likeness (QED) is 0.874. The smallest absolute Gasteiger partial charge is 0.317 e. The highest BCUT2D eigenvalue weighted by Crippen LogP contribution is 2.26. The standard InChI is InChI=1S/C16H27N5O2/c1-19-14(11-20-7-3-2-4-8-20)17-18-16(19)13-6-5-9-21(10-13)12-15(22)23/h13H,2-12H2,1H3,(H,22,23). The molecule has 7 heteroatoms. The molecule has 0 aromatic carbocycles. The number of carbonyl (C=O) groups is 1. The Morgan fingerprint density at radius 3 is 2.61 bits per heavy atom. The van der Waals surface area contributed by atoms with Gasteiger partial charge in [0, 0.05) is 19.5 Å². The van der Waals surface area contributed by atoms with E-state index in [1.165, 1.54) is 19.3 Å². The molecule has 1 N–H and O–H groups in total. The maximum absolute atomic E-state index is 10.9. The number of piperidine rings is 2. The molecular weight excluding hydrogens is 294 g/mol. The third-order valence-corrected chi connectivity index (χ3v) is 5.04. The van der Waals surface area contributed by atoms with E-state index in [0.29, 0.717) is 0 Å². The van der Waals surface area contributed by atoms with Gasteiger partial charge in [-0.3, -0.25) is 14.6 Å². The Kier molecular flexibility index (Phi) is 5.27. The van der Waals surface area contributed by atoms with E-state index < -0.39 is 5.97 Å². The van der Waals surface area contributed by atoms with Crippen molar-refractivity contribution in [3.63, 3.8) is 0 Å². The van der Waals surface area contributed by atoms with Crippen molar-refractivity contribution in [1.29, 1.82) is 0 Å². The van der Waals surface area contributed by atoms with Gasteiger partial charge in [0.05, 0.1) is 13.1 Å². The van der Waals surface area contributed by atoms with Gasteiger partial charge < -0.3 is 9.67 Å². The molecule has 0 saturated carbocycles. The van der Waals surface area contributed by atoms with Crippen LogP contribution >= 0.6 is 0 Å². The molecule has 3 heterocycles. The van der Waals surface area contributed by atoms with Crippen LogP contribution in [-0.2, 0) is 18.4 Å². The maximum Gasteiger partial charge on any atom is 0.317 e. The lowest BCUT2D eigenvalue weighted by Crippen LogP contribution is -2.38. The van der Waals surface area contributed by atoms with Crippen molar-refractivity contribution >= 4 is 5.97 Å². The Morgan fingerprint density at radius 2 is 1.87 bits per heavy atom. The summed E-state index contributed by atoms with van der Waals surface area (Å²) in [5.74, 6) is 1.56. The monoisotopic (exact) mass is 321 g/mol. The van der Waals surface area contributed by atoms with Crippen LogP contribution in [0, 0.1) is 0 Å². The number of likely N-dealkylation sites (tertiary alicyclic amines) is 2. The second-order valence-electron chi connectivity index (χ2n) is 6.84. The molecule has 3 rings (SSSR count). The molecule has 1 unspecified atom stereocenters. The van der Waals surface area contributed by atoms with Gasteiger partial charge in [0.25, 0.3) is 0 Å². The Bertz CT molecular complexity index is 539. The zero-order valence-electron chi connectivity index (χ0n) is 13.9. The van der Waals surface area contributed by atoms with Crippen LogP contribution in [0.4, 0.5) is 0 Å². The third-order valence-electron chi connectivity index (χ3n) is 5.04. The van der Waals surface area contributed by atoms with Gasteiger partial charge in [-0.1, -0.05) is 6.42 Å². The van der Waals surface area contributed by atoms with E-state index in [-0.39, 0.29) is 12.5 Å². The Balaban J connectivity index is 1.64. The number of aromatic nitrogens is 3. The number of aliphatic carboxylic acids is 1. The molecule has 7 nitrogen and oxygen atoms in total. The molecule has 128 valence electrons. The summed E-state index contributed by atoms with van der Waals surface area (Å²) in [6, 6.07) is 0. The molecule has 2 fully saturated rings. The third kappa shape index (κ3) is 4.09. The molecule has 2 saturated heterocycles. The first-order chi connectivity index (χ1) is 11.1.